The molecule has 0 aromatic rings. The first-order chi connectivity index (χ1) is 4.70. The molecule has 0 rings (SSSR count). The van der Waals surface area contributed by atoms with Gasteiger partial charge in [0.2, 0.25) is 0 Å². The normalized spacial score (nSPS) is 9.36. The number of carbonyl (C=O) groups excluding carboxylic acids is 1. The van der Waals surface area contributed by atoms with E-state index in [2.05, 4.69) is 0 Å². The SMILES string of the molecule is O=C([O-])CCC(CO)CO.[Na+]. The number of carbonyl (C=O) groups is 1. The molecule has 11 heavy (non-hydrogen) atoms. The van der Waals surface area contributed by atoms with Crippen LogP contribution in [0, 0.1) is 5.92 Å². The van der Waals surface area contributed by atoms with Crippen molar-refractivity contribution in [1.82, 2.24) is 0 Å². The van der Waals surface area contributed by atoms with Crippen molar-refractivity contribution in [3.63, 3.8) is 0 Å². The monoisotopic (exact) mass is 170 g/mol. The molecule has 0 atom stereocenters. The van der Waals surface area contributed by atoms with Crippen LogP contribution in [-0.4, -0.2) is 29.4 Å². The van der Waals surface area contributed by atoms with E-state index >= 15 is 0 Å². The third-order valence-corrected chi connectivity index (χ3v) is 1.27. The molecule has 60 valence electrons. The minimum Gasteiger partial charge on any atom is -0.550 e. The molecule has 0 heterocycles. The van der Waals surface area contributed by atoms with Crippen LogP contribution in [0.25, 0.3) is 0 Å². The maximum absolute atomic E-state index is 9.86. The topological polar surface area (TPSA) is 80.6 Å². The molecule has 0 saturated carbocycles. The molecule has 4 nitrogen and oxygen atoms in total. The molecule has 0 aromatic heterocycles. The van der Waals surface area contributed by atoms with E-state index in [1.54, 1.807) is 0 Å². The molecule has 0 unspecified atom stereocenters. The van der Waals surface area contributed by atoms with Gasteiger partial charge in [-0.25, -0.2) is 0 Å². The summed E-state index contributed by atoms with van der Waals surface area (Å²) in [6.07, 6.45) is 0.168. The van der Waals surface area contributed by atoms with E-state index in [-0.39, 0.29) is 61.5 Å². The second-order valence-electron chi connectivity index (χ2n) is 2.14. The summed E-state index contributed by atoms with van der Waals surface area (Å²) in [6, 6.07) is 0. The van der Waals surface area contributed by atoms with E-state index in [4.69, 9.17) is 10.2 Å². The third kappa shape index (κ3) is 8.29. The van der Waals surface area contributed by atoms with Crippen LogP contribution in [0.5, 0.6) is 0 Å². The van der Waals surface area contributed by atoms with Gasteiger partial charge in [-0.05, 0) is 12.8 Å². The maximum Gasteiger partial charge on any atom is 1.00 e. The van der Waals surface area contributed by atoms with Crippen molar-refractivity contribution in [3.05, 3.63) is 0 Å². The number of carboxylic acid groups (broad SMARTS) is 1. The molecular weight excluding hydrogens is 159 g/mol. The second kappa shape index (κ2) is 8.49. The molecule has 0 aliphatic rings. The van der Waals surface area contributed by atoms with Crippen LogP contribution in [0.3, 0.4) is 0 Å². The second-order valence-corrected chi connectivity index (χ2v) is 2.14. The Balaban J connectivity index is 0. The number of aliphatic hydroxyl groups is 2. The van der Waals surface area contributed by atoms with Gasteiger partial charge in [0.15, 0.2) is 0 Å². The molecule has 0 fully saturated rings. The Morgan fingerprint density at radius 1 is 1.36 bits per heavy atom. The minimum absolute atomic E-state index is 0. The van der Waals surface area contributed by atoms with Gasteiger partial charge < -0.3 is 20.1 Å². The van der Waals surface area contributed by atoms with Gasteiger partial charge in [-0.2, -0.15) is 0 Å². The molecule has 0 spiro atoms. The average Bonchev–Trinajstić information content (AvgIpc) is 1.90. The molecule has 2 N–H and O–H groups in total. The summed E-state index contributed by atoms with van der Waals surface area (Å²) in [5.74, 6) is -1.47. The summed E-state index contributed by atoms with van der Waals surface area (Å²) in [5.41, 5.74) is 0. The first-order valence-corrected chi connectivity index (χ1v) is 3.12. The zero-order valence-corrected chi connectivity index (χ0v) is 8.62. The van der Waals surface area contributed by atoms with Crippen molar-refractivity contribution in [2.24, 2.45) is 5.92 Å². The Morgan fingerprint density at radius 3 is 2.09 bits per heavy atom. The standard InChI is InChI=1S/C6H12O4.Na/c7-3-5(4-8)1-2-6(9)10;/h5,7-8H,1-4H2,(H,9,10);/q;+1/p-1. The first kappa shape index (κ1) is 13.9. The molecule has 0 saturated heterocycles. The summed E-state index contributed by atoms with van der Waals surface area (Å²) in [5, 5.41) is 26.8. The Bertz CT molecular complexity index is 103. The zero-order valence-electron chi connectivity index (χ0n) is 6.62. The van der Waals surface area contributed by atoms with Crippen molar-refractivity contribution in [3.8, 4) is 0 Å². The van der Waals surface area contributed by atoms with E-state index in [1.807, 2.05) is 0 Å². The van der Waals surface area contributed by atoms with Crippen LogP contribution in [0.4, 0.5) is 0 Å². The molecule has 5 heteroatoms. The smallest absolute Gasteiger partial charge is 0.550 e. The largest absolute Gasteiger partial charge is 1.00 e. The number of hydrogen-bond donors (Lipinski definition) is 2. The molecule has 0 aliphatic carbocycles. The Kier molecular flexibility index (Phi) is 10.8. The van der Waals surface area contributed by atoms with Crippen molar-refractivity contribution >= 4 is 5.97 Å². The summed E-state index contributed by atoms with van der Waals surface area (Å²) < 4.78 is 0. The summed E-state index contributed by atoms with van der Waals surface area (Å²) >= 11 is 0. The van der Waals surface area contributed by atoms with Gasteiger partial charge in [0, 0.05) is 25.1 Å². The molecule has 0 bridgehead atoms. The van der Waals surface area contributed by atoms with Gasteiger partial charge in [-0.3, -0.25) is 0 Å². The van der Waals surface area contributed by atoms with Gasteiger partial charge in [-0.15, -0.1) is 0 Å². The van der Waals surface area contributed by atoms with Gasteiger partial charge >= 0.3 is 29.6 Å². The number of rotatable bonds is 5. The molecular formula is C6H11NaO4. The van der Waals surface area contributed by atoms with Crippen LogP contribution in [-0.2, 0) is 4.79 Å². The molecule has 0 amide bonds. The molecule has 0 radical (unpaired) electrons. The van der Waals surface area contributed by atoms with E-state index in [0.29, 0.717) is 0 Å². The third-order valence-electron chi connectivity index (χ3n) is 1.27. The minimum atomic E-state index is -1.15. The molecule has 0 aliphatic heterocycles. The van der Waals surface area contributed by atoms with E-state index in [1.165, 1.54) is 0 Å². The van der Waals surface area contributed by atoms with E-state index in [0.717, 1.165) is 0 Å². The van der Waals surface area contributed by atoms with Gasteiger partial charge in [0.1, 0.15) is 0 Å². The van der Waals surface area contributed by atoms with Gasteiger partial charge in [0.05, 0.1) is 0 Å². The predicted octanol–water partition coefficient (Wildman–Crippen LogP) is -4.88. The Morgan fingerprint density at radius 2 is 1.82 bits per heavy atom. The predicted molar refractivity (Wildman–Crippen MR) is 31.9 cm³/mol. The Labute approximate surface area is 87.5 Å². The van der Waals surface area contributed by atoms with Crippen molar-refractivity contribution in [1.29, 1.82) is 0 Å². The van der Waals surface area contributed by atoms with Crippen molar-refractivity contribution < 1.29 is 49.7 Å². The van der Waals surface area contributed by atoms with E-state index < -0.39 is 5.97 Å². The molecule has 0 aromatic carbocycles. The average molecular weight is 170 g/mol. The number of carboxylic acids is 1. The number of hydrogen-bond acceptors (Lipinski definition) is 4. The van der Waals surface area contributed by atoms with Crippen LogP contribution < -0.4 is 34.7 Å². The van der Waals surface area contributed by atoms with Crippen LogP contribution in [0.1, 0.15) is 12.8 Å². The van der Waals surface area contributed by atoms with Gasteiger partial charge in [0.25, 0.3) is 0 Å². The van der Waals surface area contributed by atoms with Gasteiger partial charge in [-0.1, -0.05) is 0 Å². The van der Waals surface area contributed by atoms with Crippen LogP contribution in [0.2, 0.25) is 0 Å². The fourth-order valence-electron chi connectivity index (χ4n) is 0.562. The number of aliphatic hydroxyl groups excluding tert-OH is 2. The van der Waals surface area contributed by atoms with E-state index in [9.17, 15) is 9.90 Å². The summed E-state index contributed by atoms with van der Waals surface area (Å²) in [7, 11) is 0. The van der Waals surface area contributed by atoms with Crippen LogP contribution >= 0.6 is 0 Å². The fourth-order valence-corrected chi connectivity index (χ4v) is 0.562. The first-order valence-electron chi connectivity index (χ1n) is 3.12. The summed E-state index contributed by atoms with van der Waals surface area (Å²) in [6.45, 7) is -0.354. The van der Waals surface area contributed by atoms with Crippen LogP contribution in [0.15, 0.2) is 0 Å². The van der Waals surface area contributed by atoms with Crippen molar-refractivity contribution in [2.75, 3.05) is 13.2 Å². The number of aliphatic carboxylic acids is 1. The quantitative estimate of drug-likeness (QED) is 0.405. The zero-order chi connectivity index (χ0) is 7.98. The summed E-state index contributed by atoms with van der Waals surface area (Å²) in [4.78, 5) is 9.86. The maximum atomic E-state index is 9.86. The van der Waals surface area contributed by atoms with Crippen molar-refractivity contribution in [2.45, 2.75) is 12.8 Å². The Hall–Kier alpha value is 0.390. The fraction of sp³-hybridized carbons (Fsp3) is 0.833.